The number of carbonyl (C=O) groups excluding carboxylic acids is 1. The summed E-state index contributed by atoms with van der Waals surface area (Å²) in [5, 5.41) is 6.09. The summed E-state index contributed by atoms with van der Waals surface area (Å²) in [5.41, 5.74) is 3.82. The highest BCUT2D eigenvalue weighted by Crippen LogP contribution is 2.19. The van der Waals surface area contributed by atoms with Crippen LogP contribution in [0.25, 0.3) is 0 Å². The van der Waals surface area contributed by atoms with Crippen molar-refractivity contribution in [3.63, 3.8) is 0 Å². The minimum Gasteiger partial charge on any atom is -0.387 e. The van der Waals surface area contributed by atoms with Gasteiger partial charge < -0.3 is 10.6 Å². The van der Waals surface area contributed by atoms with Gasteiger partial charge in [0, 0.05) is 12.7 Å². The van der Waals surface area contributed by atoms with Crippen molar-refractivity contribution < 1.29 is 4.79 Å². The molecular weight excluding hydrogens is 248 g/mol. The normalized spacial score (nSPS) is 11.8. The highest BCUT2D eigenvalue weighted by Gasteiger charge is 2.14. The Kier molecular flexibility index (Phi) is 4.41. The summed E-state index contributed by atoms with van der Waals surface area (Å²) in [4.78, 5) is 12.4. The van der Waals surface area contributed by atoms with Gasteiger partial charge in [-0.15, -0.1) is 0 Å². The molecule has 104 valence electrons. The zero-order valence-electron chi connectivity index (χ0n) is 12.1. The lowest BCUT2D eigenvalue weighted by molar-refractivity contribution is 0.0940. The predicted molar refractivity (Wildman–Crippen MR) is 83.0 cm³/mol. The van der Waals surface area contributed by atoms with Crippen LogP contribution in [0.4, 0.5) is 5.69 Å². The number of benzene rings is 2. The molecule has 1 amide bonds. The van der Waals surface area contributed by atoms with Crippen LogP contribution in [0.3, 0.4) is 0 Å². The third-order valence-electron chi connectivity index (χ3n) is 3.44. The summed E-state index contributed by atoms with van der Waals surface area (Å²) in [6.07, 6.45) is 0. The van der Waals surface area contributed by atoms with Crippen molar-refractivity contribution in [1.29, 1.82) is 0 Å². The highest BCUT2D eigenvalue weighted by molar-refractivity contribution is 5.99. The zero-order chi connectivity index (χ0) is 14.5. The smallest absolute Gasteiger partial charge is 0.253 e. The molecule has 2 N–H and O–H groups in total. The topological polar surface area (TPSA) is 41.1 Å². The number of rotatable bonds is 4. The number of carbonyl (C=O) groups is 1. The first-order valence-electron chi connectivity index (χ1n) is 6.76. The van der Waals surface area contributed by atoms with E-state index in [0.717, 1.165) is 11.3 Å². The van der Waals surface area contributed by atoms with E-state index in [1.165, 1.54) is 5.56 Å². The summed E-state index contributed by atoms with van der Waals surface area (Å²) in [6.45, 7) is 4.06. The Labute approximate surface area is 120 Å². The molecule has 0 saturated carbocycles. The molecule has 0 unspecified atom stereocenters. The molecule has 0 aliphatic carbocycles. The van der Waals surface area contributed by atoms with Crippen molar-refractivity contribution in [2.75, 3.05) is 12.4 Å². The van der Waals surface area contributed by atoms with E-state index in [1.54, 1.807) is 0 Å². The van der Waals surface area contributed by atoms with Crippen LogP contribution in [0.1, 0.15) is 34.5 Å². The first kappa shape index (κ1) is 14.1. The molecule has 0 heterocycles. The van der Waals surface area contributed by atoms with Gasteiger partial charge in [0.05, 0.1) is 11.6 Å². The van der Waals surface area contributed by atoms with Crippen LogP contribution in [0, 0.1) is 6.92 Å². The molecule has 0 aliphatic rings. The molecule has 1 atom stereocenters. The van der Waals surface area contributed by atoms with Crippen molar-refractivity contribution in [2.45, 2.75) is 19.9 Å². The predicted octanol–water partition coefficient (Wildman–Crippen LogP) is 3.53. The monoisotopic (exact) mass is 268 g/mol. The van der Waals surface area contributed by atoms with Gasteiger partial charge in [-0.2, -0.15) is 0 Å². The van der Waals surface area contributed by atoms with Crippen LogP contribution in [-0.2, 0) is 0 Å². The second-order valence-corrected chi connectivity index (χ2v) is 4.85. The third-order valence-corrected chi connectivity index (χ3v) is 3.44. The molecule has 20 heavy (non-hydrogen) atoms. The van der Waals surface area contributed by atoms with Gasteiger partial charge >= 0.3 is 0 Å². The largest absolute Gasteiger partial charge is 0.387 e. The number of para-hydroxylation sites is 1. The SMILES string of the molecule is CNc1ccccc1C(=O)N[C@@H](C)c1ccccc1C. The molecule has 0 radical (unpaired) electrons. The van der Waals surface area contributed by atoms with Gasteiger partial charge in [0.15, 0.2) is 0 Å². The van der Waals surface area contributed by atoms with E-state index < -0.39 is 0 Å². The fourth-order valence-corrected chi connectivity index (χ4v) is 2.32. The van der Waals surface area contributed by atoms with Gasteiger partial charge in [-0.3, -0.25) is 4.79 Å². The molecule has 0 aliphatic heterocycles. The van der Waals surface area contributed by atoms with Gasteiger partial charge in [-0.05, 0) is 37.1 Å². The summed E-state index contributed by atoms with van der Waals surface area (Å²) >= 11 is 0. The van der Waals surface area contributed by atoms with Crippen LogP contribution in [0.2, 0.25) is 0 Å². The molecule has 0 fully saturated rings. The third kappa shape index (κ3) is 2.99. The average Bonchev–Trinajstić information content (AvgIpc) is 2.47. The van der Waals surface area contributed by atoms with E-state index in [4.69, 9.17) is 0 Å². The van der Waals surface area contributed by atoms with Crippen LogP contribution in [0.5, 0.6) is 0 Å². The standard InChI is InChI=1S/C17H20N2O/c1-12-8-4-5-9-14(12)13(2)19-17(20)15-10-6-7-11-16(15)18-3/h4-11,13,18H,1-3H3,(H,19,20)/t13-/m0/s1. The lowest BCUT2D eigenvalue weighted by Gasteiger charge is -2.17. The van der Waals surface area contributed by atoms with E-state index in [-0.39, 0.29) is 11.9 Å². The van der Waals surface area contributed by atoms with Crippen molar-refractivity contribution in [3.05, 3.63) is 65.2 Å². The highest BCUT2D eigenvalue weighted by atomic mass is 16.1. The van der Waals surface area contributed by atoms with E-state index in [2.05, 4.69) is 23.6 Å². The minimum absolute atomic E-state index is 0.0198. The first-order chi connectivity index (χ1) is 9.63. The maximum atomic E-state index is 12.4. The van der Waals surface area contributed by atoms with Crippen molar-refractivity contribution >= 4 is 11.6 Å². The van der Waals surface area contributed by atoms with Crippen LogP contribution < -0.4 is 10.6 Å². The van der Waals surface area contributed by atoms with Gasteiger partial charge in [0.25, 0.3) is 5.91 Å². The van der Waals surface area contributed by atoms with Crippen LogP contribution in [-0.4, -0.2) is 13.0 Å². The van der Waals surface area contributed by atoms with Crippen molar-refractivity contribution in [3.8, 4) is 0 Å². The first-order valence-corrected chi connectivity index (χ1v) is 6.76. The molecule has 2 aromatic carbocycles. The number of aryl methyl sites for hydroxylation is 1. The number of anilines is 1. The summed E-state index contributed by atoms with van der Waals surface area (Å²) in [5.74, 6) is -0.0642. The lowest BCUT2D eigenvalue weighted by atomic mass is 10.0. The number of amides is 1. The van der Waals surface area contributed by atoms with E-state index >= 15 is 0 Å². The maximum absolute atomic E-state index is 12.4. The molecule has 0 spiro atoms. The maximum Gasteiger partial charge on any atom is 0.253 e. The fourth-order valence-electron chi connectivity index (χ4n) is 2.32. The molecule has 2 rings (SSSR count). The Morgan fingerprint density at radius 1 is 1.05 bits per heavy atom. The molecule has 3 heteroatoms. The fraction of sp³-hybridized carbons (Fsp3) is 0.235. The second kappa shape index (κ2) is 6.24. The molecule has 2 aromatic rings. The van der Waals surface area contributed by atoms with Gasteiger partial charge in [-0.25, -0.2) is 0 Å². The summed E-state index contributed by atoms with van der Waals surface area (Å²) < 4.78 is 0. The zero-order valence-corrected chi connectivity index (χ0v) is 12.1. The van der Waals surface area contributed by atoms with E-state index in [0.29, 0.717) is 5.56 Å². The molecular formula is C17H20N2O. The van der Waals surface area contributed by atoms with Crippen LogP contribution in [0.15, 0.2) is 48.5 Å². The van der Waals surface area contributed by atoms with Crippen molar-refractivity contribution in [1.82, 2.24) is 5.32 Å². The summed E-state index contributed by atoms with van der Waals surface area (Å²) in [7, 11) is 1.82. The van der Waals surface area contributed by atoms with E-state index in [9.17, 15) is 4.79 Å². The molecule has 0 aromatic heterocycles. The summed E-state index contributed by atoms with van der Waals surface area (Å²) in [6, 6.07) is 15.6. The quantitative estimate of drug-likeness (QED) is 0.890. The van der Waals surface area contributed by atoms with Crippen LogP contribution >= 0.6 is 0 Å². The van der Waals surface area contributed by atoms with Crippen molar-refractivity contribution in [2.24, 2.45) is 0 Å². The lowest BCUT2D eigenvalue weighted by Crippen LogP contribution is -2.27. The Morgan fingerprint density at radius 3 is 2.40 bits per heavy atom. The Bertz CT molecular complexity index is 607. The van der Waals surface area contributed by atoms with Gasteiger partial charge in [0.2, 0.25) is 0 Å². The molecule has 3 nitrogen and oxygen atoms in total. The Balaban J connectivity index is 2.18. The van der Waals surface area contributed by atoms with Gasteiger partial charge in [0.1, 0.15) is 0 Å². The number of hydrogen-bond donors (Lipinski definition) is 2. The van der Waals surface area contributed by atoms with E-state index in [1.807, 2.05) is 56.4 Å². The molecule has 0 bridgehead atoms. The van der Waals surface area contributed by atoms with Gasteiger partial charge in [-0.1, -0.05) is 36.4 Å². The number of hydrogen-bond acceptors (Lipinski definition) is 2. The molecule has 0 saturated heterocycles. The average molecular weight is 268 g/mol. The Morgan fingerprint density at radius 2 is 1.70 bits per heavy atom. The second-order valence-electron chi connectivity index (χ2n) is 4.85. The minimum atomic E-state index is -0.0642. The Hall–Kier alpha value is -2.29. The number of nitrogens with one attached hydrogen (secondary N) is 2.